The summed E-state index contributed by atoms with van der Waals surface area (Å²) in [5.41, 5.74) is 6.49. The van der Waals surface area contributed by atoms with E-state index in [4.69, 9.17) is 22.1 Å². The highest BCUT2D eigenvalue weighted by atomic mass is 35.5. The number of pyridine rings is 1. The summed E-state index contributed by atoms with van der Waals surface area (Å²) in [6, 6.07) is 3.60. The molecule has 2 saturated heterocycles. The average molecular weight is 461 g/mol. The Balaban J connectivity index is 1.28. The first kappa shape index (κ1) is 20.8. The van der Waals surface area contributed by atoms with Gasteiger partial charge < -0.3 is 30.5 Å². The lowest BCUT2D eigenvalue weighted by Crippen LogP contribution is -2.53. The zero-order valence-corrected chi connectivity index (χ0v) is 17.6. The van der Waals surface area contributed by atoms with E-state index < -0.39 is 24.5 Å². The van der Waals surface area contributed by atoms with Gasteiger partial charge in [-0.1, -0.05) is 11.6 Å². The number of ether oxygens (including phenoxy) is 1. The highest BCUT2D eigenvalue weighted by Gasteiger charge is 2.49. The molecule has 0 saturated carbocycles. The van der Waals surface area contributed by atoms with Gasteiger partial charge in [-0.2, -0.15) is 0 Å². The van der Waals surface area contributed by atoms with E-state index in [-0.39, 0.29) is 11.7 Å². The molecule has 4 atom stereocenters. The number of piperazine rings is 1. The molecule has 168 valence electrons. The van der Waals surface area contributed by atoms with E-state index in [1.807, 2.05) is 11.0 Å². The van der Waals surface area contributed by atoms with Crippen molar-refractivity contribution in [1.82, 2.24) is 29.4 Å². The van der Waals surface area contributed by atoms with Gasteiger partial charge in [0.15, 0.2) is 23.8 Å². The minimum Gasteiger partial charge on any atom is -0.387 e. The van der Waals surface area contributed by atoms with Crippen molar-refractivity contribution < 1.29 is 19.7 Å². The summed E-state index contributed by atoms with van der Waals surface area (Å²) < 4.78 is 7.25. The predicted octanol–water partition coefficient (Wildman–Crippen LogP) is -0.575. The van der Waals surface area contributed by atoms with Gasteiger partial charge in [0.25, 0.3) is 5.91 Å². The third-order valence-electron chi connectivity index (χ3n) is 5.77. The largest absolute Gasteiger partial charge is 0.387 e. The zero-order chi connectivity index (χ0) is 22.4. The van der Waals surface area contributed by atoms with Gasteiger partial charge in [0.05, 0.1) is 11.3 Å². The third-order valence-corrected chi connectivity index (χ3v) is 5.99. The van der Waals surface area contributed by atoms with E-state index in [0.717, 1.165) is 5.82 Å². The molecule has 3 aromatic heterocycles. The number of aromatic nitrogens is 5. The van der Waals surface area contributed by atoms with E-state index in [9.17, 15) is 15.0 Å². The normalized spacial score (nSPS) is 26.1. The van der Waals surface area contributed by atoms with Crippen molar-refractivity contribution in [3.63, 3.8) is 0 Å². The molecular formula is C19H21ClN8O4. The first-order chi connectivity index (χ1) is 15.4. The summed E-state index contributed by atoms with van der Waals surface area (Å²) in [6.07, 6.45) is -0.773. The SMILES string of the molecule is Nc1ncnc2c1ncn2[C@@H]1O[C@H](C(=O)N2CCN(c3ccc(Cl)cn3)CC2)[C@@H](O)[C@H]1O. The van der Waals surface area contributed by atoms with E-state index >= 15 is 0 Å². The van der Waals surface area contributed by atoms with Crippen LogP contribution in [0.25, 0.3) is 11.2 Å². The number of carbonyl (C=O) groups is 1. The molecule has 1 amide bonds. The lowest BCUT2D eigenvalue weighted by Gasteiger charge is -2.36. The molecule has 0 aromatic carbocycles. The number of anilines is 2. The summed E-state index contributed by atoms with van der Waals surface area (Å²) in [7, 11) is 0. The number of halogens is 1. The molecule has 3 aromatic rings. The van der Waals surface area contributed by atoms with Crippen LogP contribution in [0.1, 0.15) is 6.23 Å². The van der Waals surface area contributed by atoms with E-state index in [0.29, 0.717) is 42.4 Å². The Morgan fingerprint density at radius 2 is 1.88 bits per heavy atom. The van der Waals surface area contributed by atoms with Crippen LogP contribution in [-0.2, 0) is 9.53 Å². The second kappa shape index (κ2) is 8.13. The molecule has 0 spiro atoms. The predicted molar refractivity (Wildman–Crippen MR) is 114 cm³/mol. The van der Waals surface area contributed by atoms with Crippen LogP contribution in [-0.4, -0.2) is 90.0 Å². The maximum Gasteiger partial charge on any atom is 0.254 e. The van der Waals surface area contributed by atoms with Gasteiger partial charge in [0.2, 0.25) is 0 Å². The van der Waals surface area contributed by atoms with E-state index in [1.165, 1.54) is 17.2 Å². The number of aliphatic hydroxyl groups is 2. The monoisotopic (exact) mass is 460 g/mol. The number of rotatable bonds is 3. The highest BCUT2D eigenvalue weighted by Crippen LogP contribution is 2.33. The van der Waals surface area contributed by atoms with Gasteiger partial charge >= 0.3 is 0 Å². The molecule has 2 aliphatic rings. The first-order valence-electron chi connectivity index (χ1n) is 10.0. The van der Waals surface area contributed by atoms with Crippen molar-refractivity contribution in [1.29, 1.82) is 0 Å². The molecule has 5 heterocycles. The van der Waals surface area contributed by atoms with Crippen molar-refractivity contribution in [2.75, 3.05) is 36.8 Å². The Kier molecular flexibility index (Phi) is 5.29. The Labute approximate surface area is 187 Å². The van der Waals surface area contributed by atoms with Crippen molar-refractivity contribution in [2.24, 2.45) is 0 Å². The summed E-state index contributed by atoms with van der Waals surface area (Å²) in [6.45, 7) is 1.98. The molecule has 0 unspecified atom stereocenters. The lowest BCUT2D eigenvalue weighted by molar-refractivity contribution is -0.148. The Morgan fingerprint density at radius 1 is 1.09 bits per heavy atom. The fourth-order valence-electron chi connectivity index (χ4n) is 4.04. The number of aliphatic hydroxyl groups excluding tert-OH is 2. The van der Waals surface area contributed by atoms with Crippen LogP contribution in [0, 0.1) is 0 Å². The minimum absolute atomic E-state index is 0.183. The van der Waals surface area contributed by atoms with Crippen molar-refractivity contribution in [2.45, 2.75) is 24.5 Å². The highest BCUT2D eigenvalue weighted by molar-refractivity contribution is 6.30. The van der Waals surface area contributed by atoms with Crippen LogP contribution in [0.4, 0.5) is 11.6 Å². The maximum atomic E-state index is 13.1. The molecule has 13 heteroatoms. The van der Waals surface area contributed by atoms with Crippen molar-refractivity contribution in [3.05, 3.63) is 36.0 Å². The number of carbonyl (C=O) groups excluding carboxylic acids is 1. The number of hydrogen-bond donors (Lipinski definition) is 3. The van der Waals surface area contributed by atoms with Gasteiger partial charge in [0.1, 0.15) is 29.9 Å². The van der Waals surface area contributed by atoms with Gasteiger partial charge in [-0.25, -0.2) is 19.9 Å². The zero-order valence-electron chi connectivity index (χ0n) is 16.8. The number of amides is 1. The van der Waals surface area contributed by atoms with Gasteiger partial charge in [-0.05, 0) is 12.1 Å². The summed E-state index contributed by atoms with van der Waals surface area (Å²) >= 11 is 5.89. The molecule has 2 fully saturated rings. The van der Waals surface area contributed by atoms with Crippen molar-refractivity contribution in [3.8, 4) is 0 Å². The summed E-state index contributed by atoms with van der Waals surface area (Å²) in [4.78, 5) is 33.2. The topological polar surface area (TPSA) is 156 Å². The molecule has 0 radical (unpaired) electrons. The maximum absolute atomic E-state index is 13.1. The molecule has 0 bridgehead atoms. The molecule has 2 aliphatic heterocycles. The minimum atomic E-state index is -1.40. The number of nitrogen functional groups attached to an aromatic ring is 1. The number of nitrogens with zero attached hydrogens (tertiary/aromatic N) is 7. The first-order valence-corrected chi connectivity index (χ1v) is 10.4. The number of nitrogens with two attached hydrogens (primary N) is 1. The van der Waals surface area contributed by atoms with Crippen LogP contribution in [0.15, 0.2) is 31.0 Å². The Morgan fingerprint density at radius 3 is 2.59 bits per heavy atom. The van der Waals surface area contributed by atoms with Gasteiger partial charge in [-0.15, -0.1) is 0 Å². The van der Waals surface area contributed by atoms with Crippen molar-refractivity contribution >= 4 is 40.3 Å². The smallest absolute Gasteiger partial charge is 0.254 e. The fraction of sp³-hybridized carbons (Fsp3) is 0.421. The second-order valence-electron chi connectivity index (χ2n) is 7.66. The molecular weight excluding hydrogens is 440 g/mol. The third kappa shape index (κ3) is 3.50. The quantitative estimate of drug-likeness (QED) is 0.462. The van der Waals surface area contributed by atoms with Crippen LogP contribution >= 0.6 is 11.6 Å². The van der Waals surface area contributed by atoms with E-state index in [2.05, 4.69) is 19.9 Å². The molecule has 12 nitrogen and oxygen atoms in total. The van der Waals surface area contributed by atoms with Crippen LogP contribution < -0.4 is 10.6 Å². The number of imidazole rings is 1. The molecule has 4 N–H and O–H groups in total. The number of fused-ring (bicyclic) bond motifs is 1. The van der Waals surface area contributed by atoms with Gasteiger partial charge in [0, 0.05) is 32.4 Å². The van der Waals surface area contributed by atoms with Crippen LogP contribution in [0.5, 0.6) is 0 Å². The molecule has 5 rings (SSSR count). The standard InChI is InChI=1S/C19H21ClN8O4/c20-10-1-2-11(22-7-10)26-3-5-27(6-4-26)18(31)15-13(29)14(30)19(32-15)28-9-25-12-16(21)23-8-24-17(12)28/h1-2,7-9,13-15,19,29-30H,3-6H2,(H2,21,23,24)/t13-,14+,15-,19+/m0/s1. The average Bonchev–Trinajstić information content (AvgIpc) is 3.36. The van der Waals surface area contributed by atoms with Crippen LogP contribution in [0.2, 0.25) is 5.02 Å². The summed E-state index contributed by atoms with van der Waals surface area (Å²) in [5, 5.41) is 21.7. The van der Waals surface area contributed by atoms with Crippen LogP contribution in [0.3, 0.4) is 0 Å². The Bertz CT molecular complexity index is 1130. The summed E-state index contributed by atoms with van der Waals surface area (Å²) in [5.74, 6) is 0.575. The molecule has 32 heavy (non-hydrogen) atoms. The Hall–Kier alpha value is -3.06. The fourth-order valence-corrected chi connectivity index (χ4v) is 4.15. The number of hydrogen-bond acceptors (Lipinski definition) is 10. The van der Waals surface area contributed by atoms with E-state index in [1.54, 1.807) is 17.2 Å². The second-order valence-corrected chi connectivity index (χ2v) is 8.09. The lowest BCUT2D eigenvalue weighted by atomic mass is 10.1. The molecule has 0 aliphatic carbocycles. The van der Waals surface area contributed by atoms with Gasteiger partial charge in [-0.3, -0.25) is 9.36 Å².